The van der Waals surface area contributed by atoms with Gasteiger partial charge >= 0.3 is 5.97 Å². The number of carboxylic acids is 1. The second-order valence-corrected chi connectivity index (χ2v) is 7.54. The molecular formula is C13H25NO2S. The molecule has 0 aromatic heterocycles. The Morgan fingerprint density at radius 1 is 1.41 bits per heavy atom. The van der Waals surface area contributed by atoms with E-state index < -0.39 is 12.0 Å². The van der Waals surface area contributed by atoms with Gasteiger partial charge in [-0.15, -0.1) is 0 Å². The number of thioether (sulfide) groups is 1. The van der Waals surface area contributed by atoms with Crippen molar-refractivity contribution >= 4 is 17.7 Å². The molecule has 100 valence electrons. The molecule has 0 saturated heterocycles. The van der Waals surface area contributed by atoms with E-state index in [0.29, 0.717) is 5.25 Å². The van der Waals surface area contributed by atoms with Gasteiger partial charge in [0, 0.05) is 10.00 Å². The van der Waals surface area contributed by atoms with E-state index in [9.17, 15) is 4.79 Å². The van der Waals surface area contributed by atoms with Crippen molar-refractivity contribution in [3.05, 3.63) is 0 Å². The van der Waals surface area contributed by atoms with E-state index in [4.69, 9.17) is 10.8 Å². The first-order valence-electron chi connectivity index (χ1n) is 6.53. The van der Waals surface area contributed by atoms with Crippen molar-refractivity contribution in [3.63, 3.8) is 0 Å². The van der Waals surface area contributed by atoms with Crippen LogP contribution in [-0.2, 0) is 4.79 Å². The van der Waals surface area contributed by atoms with E-state index in [1.165, 1.54) is 32.1 Å². The smallest absolute Gasteiger partial charge is 0.321 e. The van der Waals surface area contributed by atoms with Crippen molar-refractivity contribution in [2.24, 2.45) is 11.7 Å². The minimum Gasteiger partial charge on any atom is -0.480 e. The van der Waals surface area contributed by atoms with Gasteiger partial charge in [0.15, 0.2) is 0 Å². The molecule has 0 amide bonds. The lowest BCUT2D eigenvalue weighted by atomic mass is 9.87. The largest absolute Gasteiger partial charge is 0.480 e. The number of hydrogen-bond acceptors (Lipinski definition) is 3. The number of carboxylic acid groups (broad SMARTS) is 1. The molecule has 1 atom stereocenters. The van der Waals surface area contributed by atoms with Gasteiger partial charge in [-0.25, -0.2) is 0 Å². The third kappa shape index (κ3) is 4.18. The fraction of sp³-hybridized carbons (Fsp3) is 0.923. The lowest BCUT2D eigenvalue weighted by Crippen LogP contribution is -2.47. The van der Waals surface area contributed by atoms with E-state index >= 15 is 0 Å². The van der Waals surface area contributed by atoms with E-state index in [0.717, 1.165) is 5.92 Å². The lowest BCUT2D eigenvalue weighted by molar-refractivity contribution is -0.139. The molecule has 0 unspecified atom stereocenters. The van der Waals surface area contributed by atoms with E-state index in [-0.39, 0.29) is 4.75 Å². The van der Waals surface area contributed by atoms with Crippen molar-refractivity contribution in [2.75, 3.05) is 0 Å². The van der Waals surface area contributed by atoms with Gasteiger partial charge in [0.05, 0.1) is 0 Å². The molecule has 1 saturated carbocycles. The van der Waals surface area contributed by atoms with E-state index in [1.807, 2.05) is 13.8 Å². The fourth-order valence-electron chi connectivity index (χ4n) is 2.46. The summed E-state index contributed by atoms with van der Waals surface area (Å²) >= 11 is 1.77. The molecule has 17 heavy (non-hydrogen) atoms. The van der Waals surface area contributed by atoms with Crippen molar-refractivity contribution < 1.29 is 9.90 Å². The van der Waals surface area contributed by atoms with Crippen LogP contribution in [0.5, 0.6) is 0 Å². The van der Waals surface area contributed by atoms with Gasteiger partial charge in [-0.05, 0) is 45.4 Å². The summed E-state index contributed by atoms with van der Waals surface area (Å²) in [6.07, 6.45) is 6.26. The zero-order valence-corrected chi connectivity index (χ0v) is 11.9. The van der Waals surface area contributed by atoms with Gasteiger partial charge in [0.1, 0.15) is 6.04 Å². The summed E-state index contributed by atoms with van der Waals surface area (Å²) in [5.74, 6) is -0.0205. The Labute approximate surface area is 109 Å². The molecule has 1 rings (SSSR count). The van der Waals surface area contributed by atoms with Crippen LogP contribution >= 0.6 is 11.8 Å². The fourth-order valence-corrected chi connectivity index (χ4v) is 4.07. The first-order chi connectivity index (χ1) is 7.86. The number of aliphatic carboxylic acids is 1. The number of nitrogens with two attached hydrogens (primary N) is 1. The molecule has 0 spiro atoms. The van der Waals surface area contributed by atoms with Crippen LogP contribution in [0.3, 0.4) is 0 Å². The number of carbonyl (C=O) groups is 1. The van der Waals surface area contributed by atoms with Crippen LogP contribution in [-0.4, -0.2) is 27.1 Å². The van der Waals surface area contributed by atoms with Gasteiger partial charge in [-0.2, -0.15) is 11.8 Å². The Balaban J connectivity index is 2.46. The topological polar surface area (TPSA) is 63.3 Å². The molecule has 3 N–H and O–H groups in total. The van der Waals surface area contributed by atoms with Crippen LogP contribution in [0.4, 0.5) is 0 Å². The molecule has 1 fully saturated rings. The van der Waals surface area contributed by atoms with Crippen LogP contribution < -0.4 is 5.73 Å². The summed E-state index contributed by atoms with van der Waals surface area (Å²) in [4.78, 5) is 10.9. The lowest BCUT2D eigenvalue weighted by Gasteiger charge is -2.35. The second kappa shape index (κ2) is 6.10. The monoisotopic (exact) mass is 259 g/mol. The van der Waals surface area contributed by atoms with Gasteiger partial charge in [0.25, 0.3) is 0 Å². The predicted octanol–water partition coefficient (Wildman–Crippen LogP) is 2.88. The Bertz CT molecular complexity index is 260. The normalized spacial score (nSPS) is 27.8. The quantitative estimate of drug-likeness (QED) is 0.797. The second-order valence-electron chi connectivity index (χ2n) is 5.59. The van der Waals surface area contributed by atoms with Gasteiger partial charge < -0.3 is 10.8 Å². The molecular weight excluding hydrogens is 234 g/mol. The zero-order chi connectivity index (χ0) is 13.1. The minimum atomic E-state index is -0.898. The summed E-state index contributed by atoms with van der Waals surface area (Å²) < 4.78 is -0.379. The molecule has 1 aliphatic carbocycles. The van der Waals surface area contributed by atoms with Crippen LogP contribution in [0.15, 0.2) is 0 Å². The first kappa shape index (κ1) is 14.8. The third-order valence-electron chi connectivity index (χ3n) is 3.86. The van der Waals surface area contributed by atoms with Crippen LogP contribution in [0, 0.1) is 5.92 Å². The molecule has 0 aromatic rings. The maximum Gasteiger partial charge on any atom is 0.321 e. The third-order valence-corrected chi connectivity index (χ3v) is 5.52. The standard InChI is InChI=1S/C13H25NO2S/c1-4-9-5-7-10(8-6-9)17-13(2,3)11(14)12(15)16/h9-11H,4-8,14H2,1-3H3,(H,15,16)/t9?,10?,11-/m1/s1. The molecule has 0 heterocycles. The van der Waals surface area contributed by atoms with Crippen molar-refractivity contribution in [1.29, 1.82) is 0 Å². The summed E-state index contributed by atoms with van der Waals surface area (Å²) in [5, 5.41) is 9.57. The summed E-state index contributed by atoms with van der Waals surface area (Å²) in [6, 6.07) is -0.781. The maximum atomic E-state index is 10.9. The average Bonchev–Trinajstić information content (AvgIpc) is 2.28. The number of hydrogen-bond donors (Lipinski definition) is 2. The number of rotatable bonds is 5. The van der Waals surface area contributed by atoms with Crippen molar-refractivity contribution in [2.45, 2.75) is 68.9 Å². The summed E-state index contributed by atoms with van der Waals surface area (Å²) in [6.45, 7) is 6.15. The van der Waals surface area contributed by atoms with Crippen molar-refractivity contribution in [3.8, 4) is 0 Å². The highest BCUT2D eigenvalue weighted by atomic mass is 32.2. The Morgan fingerprint density at radius 2 is 1.94 bits per heavy atom. The maximum absolute atomic E-state index is 10.9. The Morgan fingerprint density at radius 3 is 2.35 bits per heavy atom. The highest BCUT2D eigenvalue weighted by Gasteiger charge is 2.35. The predicted molar refractivity (Wildman–Crippen MR) is 73.3 cm³/mol. The summed E-state index contributed by atoms with van der Waals surface area (Å²) in [5.41, 5.74) is 5.74. The van der Waals surface area contributed by atoms with Gasteiger partial charge in [-0.3, -0.25) is 4.79 Å². The average molecular weight is 259 g/mol. The van der Waals surface area contributed by atoms with Crippen LogP contribution in [0.1, 0.15) is 52.9 Å². The minimum absolute atomic E-state index is 0.379. The Hall–Kier alpha value is -0.220. The first-order valence-corrected chi connectivity index (χ1v) is 7.41. The van der Waals surface area contributed by atoms with Crippen LogP contribution in [0.25, 0.3) is 0 Å². The highest BCUT2D eigenvalue weighted by molar-refractivity contribution is 8.01. The molecule has 0 bridgehead atoms. The Kier molecular flexibility index (Phi) is 5.32. The highest BCUT2D eigenvalue weighted by Crippen LogP contribution is 2.40. The van der Waals surface area contributed by atoms with Gasteiger partial charge in [0.2, 0.25) is 0 Å². The zero-order valence-electron chi connectivity index (χ0n) is 11.1. The molecule has 4 heteroatoms. The van der Waals surface area contributed by atoms with Gasteiger partial charge in [-0.1, -0.05) is 13.3 Å². The summed E-state index contributed by atoms with van der Waals surface area (Å²) in [7, 11) is 0. The van der Waals surface area contributed by atoms with E-state index in [1.54, 1.807) is 11.8 Å². The molecule has 0 aliphatic heterocycles. The molecule has 0 radical (unpaired) electrons. The van der Waals surface area contributed by atoms with Crippen LogP contribution in [0.2, 0.25) is 0 Å². The molecule has 0 aromatic carbocycles. The molecule has 3 nitrogen and oxygen atoms in total. The van der Waals surface area contributed by atoms with E-state index in [2.05, 4.69) is 6.92 Å². The van der Waals surface area contributed by atoms with Crippen molar-refractivity contribution in [1.82, 2.24) is 0 Å². The molecule has 1 aliphatic rings. The SMILES string of the molecule is CCC1CCC(SC(C)(C)[C@H](N)C(=O)O)CC1.